The van der Waals surface area contributed by atoms with Crippen LogP contribution in [0.5, 0.6) is 0 Å². The van der Waals surface area contributed by atoms with E-state index in [0.717, 1.165) is 0 Å². The summed E-state index contributed by atoms with van der Waals surface area (Å²) in [6, 6.07) is 14.5. The zero-order valence-electron chi connectivity index (χ0n) is 8.73. The zero-order valence-corrected chi connectivity index (χ0v) is 8.73. The Morgan fingerprint density at radius 1 is 1.13 bits per heavy atom. The molecular formula is C14H13O. The summed E-state index contributed by atoms with van der Waals surface area (Å²) in [4.78, 5) is 10.4. The third kappa shape index (κ3) is 1.91. The van der Waals surface area contributed by atoms with Gasteiger partial charge in [0.1, 0.15) is 0 Å². The topological polar surface area (TPSA) is 17.1 Å². The first-order valence-electron chi connectivity index (χ1n) is 5.15. The monoisotopic (exact) mass is 197 g/mol. The standard InChI is InChI=1S/C14H13O/c1-11(9-10-15)13-8-4-6-12-5-2-3-7-14(12)13/h2-8,11H,9H2,1H3. The maximum absolute atomic E-state index is 10.4. The van der Waals surface area contributed by atoms with Crippen molar-refractivity contribution < 1.29 is 4.79 Å². The minimum absolute atomic E-state index is 0.244. The Hall–Kier alpha value is -1.63. The molecule has 0 N–H and O–H groups in total. The van der Waals surface area contributed by atoms with E-state index in [4.69, 9.17) is 0 Å². The van der Waals surface area contributed by atoms with E-state index >= 15 is 0 Å². The van der Waals surface area contributed by atoms with Crippen LogP contribution in [0.2, 0.25) is 0 Å². The molecule has 1 atom stereocenters. The van der Waals surface area contributed by atoms with Crippen LogP contribution in [0.3, 0.4) is 0 Å². The number of rotatable bonds is 3. The van der Waals surface area contributed by atoms with Crippen molar-refractivity contribution in [3.8, 4) is 0 Å². The Kier molecular flexibility index (Phi) is 2.82. The number of hydrogen-bond acceptors (Lipinski definition) is 1. The van der Waals surface area contributed by atoms with Crippen LogP contribution in [-0.4, -0.2) is 6.29 Å². The maximum Gasteiger partial charge on any atom is 0.199 e. The molecule has 0 saturated carbocycles. The van der Waals surface area contributed by atoms with E-state index in [1.807, 2.05) is 24.5 Å². The Labute approximate surface area is 89.7 Å². The van der Waals surface area contributed by atoms with Crippen LogP contribution in [0, 0.1) is 0 Å². The second-order valence-corrected chi connectivity index (χ2v) is 3.82. The average molecular weight is 197 g/mol. The highest BCUT2D eigenvalue weighted by Crippen LogP contribution is 2.26. The lowest BCUT2D eigenvalue weighted by molar-refractivity contribution is 0.545. The first-order valence-corrected chi connectivity index (χ1v) is 5.15. The summed E-state index contributed by atoms with van der Waals surface area (Å²) in [5, 5.41) is 2.47. The molecule has 0 fully saturated rings. The van der Waals surface area contributed by atoms with E-state index in [-0.39, 0.29) is 5.92 Å². The minimum atomic E-state index is 0.244. The van der Waals surface area contributed by atoms with Gasteiger partial charge in [0.2, 0.25) is 0 Å². The Morgan fingerprint density at radius 3 is 2.67 bits per heavy atom. The Bertz CT molecular complexity index is 468. The molecule has 0 saturated heterocycles. The predicted molar refractivity (Wildman–Crippen MR) is 62.7 cm³/mol. The van der Waals surface area contributed by atoms with Crippen molar-refractivity contribution in [1.82, 2.24) is 0 Å². The summed E-state index contributed by atoms with van der Waals surface area (Å²) in [6.07, 6.45) is 2.45. The third-order valence-corrected chi connectivity index (χ3v) is 2.74. The summed E-state index contributed by atoms with van der Waals surface area (Å²) in [5.41, 5.74) is 1.23. The fourth-order valence-corrected chi connectivity index (χ4v) is 1.92. The van der Waals surface area contributed by atoms with E-state index in [0.29, 0.717) is 6.42 Å². The predicted octanol–water partition coefficient (Wildman–Crippen LogP) is 3.44. The number of fused-ring (bicyclic) bond motifs is 1. The quantitative estimate of drug-likeness (QED) is 0.736. The van der Waals surface area contributed by atoms with E-state index in [1.165, 1.54) is 16.3 Å². The molecule has 0 aliphatic rings. The summed E-state index contributed by atoms with van der Waals surface area (Å²) in [5.74, 6) is 0.244. The van der Waals surface area contributed by atoms with Crippen molar-refractivity contribution >= 4 is 17.1 Å². The molecule has 2 aromatic rings. The molecule has 0 bridgehead atoms. The SMILES string of the molecule is CC(C[C]=O)c1cccc2ccccc12. The lowest BCUT2D eigenvalue weighted by Gasteiger charge is -2.11. The van der Waals surface area contributed by atoms with Crippen molar-refractivity contribution in [2.75, 3.05) is 0 Å². The summed E-state index contributed by atoms with van der Waals surface area (Å²) in [7, 11) is 0. The van der Waals surface area contributed by atoms with Crippen LogP contribution in [0.1, 0.15) is 24.8 Å². The highest BCUT2D eigenvalue weighted by Gasteiger charge is 2.08. The smallest absolute Gasteiger partial charge is 0.199 e. The molecule has 1 unspecified atom stereocenters. The van der Waals surface area contributed by atoms with Gasteiger partial charge in [0.05, 0.1) is 0 Å². The van der Waals surface area contributed by atoms with Crippen LogP contribution < -0.4 is 0 Å². The fourth-order valence-electron chi connectivity index (χ4n) is 1.92. The molecule has 2 aromatic carbocycles. The van der Waals surface area contributed by atoms with Gasteiger partial charge in [0.15, 0.2) is 6.29 Å². The summed E-state index contributed by atoms with van der Waals surface area (Å²) in [6.45, 7) is 2.06. The second kappa shape index (κ2) is 4.26. The molecule has 1 radical (unpaired) electrons. The van der Waals surface area contributed by atoms with Gasteiger partial charge in [-0.05, 0) is 22.3 Å². The van der Waals surface area contributed by atoms with Crippen LogP contribution in [0.25, 0.3) is 10.8 Å². The number of carbonyl (C=O) groups excluding carboxylic acids is 1. The van der Waals surface area contributed by atoms with Crippen molar-refractivity contribution in [2.24, 2.45) is 0 Å². The van der Waals surface area contributed by atoms with E-state index in [2.05, 4.69) is 31.2 Å². The molecule has 2 rings (SSSR count). The van der Waals surface area contributed by atoms with Crippen LogP contribution in [0.4, 0.5) is 0 Å². The fraction of sp³-hybridized carbons (Fsp3) is 0.214. The molecule has 15 heavy (non-hydrogen) atoms. The largest absolute Gasteiger partial charge is 0.291 e. The maximum atomic E-state index is 10.4. The molecule has 0 amide bonds. The molecule has 0 aliphatic heterocycles. The zero-order chi connectivity index (χ0) is 10.7. The van der Waals surface area contributed by atoms with Crippen molar-refractivity contribution in [3.63, 3.8) is 0 Å². The lowest BCUT2D eigenvalue weighted by Crippen LogP contribution is -1.95. The van der Waals surface area contributed by atoms with Gasteiger partial charge in [-0.15, -0.1) is 0 Å². The lowest BCUT2D eigenvalue weighted by atomic mass is 9.93. The first kappa shape index (κ1) is 9.91. The van der Waals surface area contributed by atoms with E-state index in [1.54, 1.807) is 0 Å². The second-order valence-electron chi connectivity index (χ2n) is 3.82. The number of hydrogen-bond donors (Lipinski definition) is 0. The van der Waals surface area contributed by atoms with Gasteiger partial charge >= 0.3 is 0 Å². The summed E-state index contributed by atoms with van der Waals surface area (Å²) >= 11 is 0. The van der Waals surface area contributed by atoms with Crippen LogP contribution in [0.15, 0.2) is 42.5 Å². The molecule has 0 spiro atoms. The van der Waals surface area contributed by atoms with Gasteiger partial charge in [-0.1, -0.05) is 49.4 Å². The normalized spacial score (nSPS) is 12.6. The average Bonchev–Trinajstić information content (AvgIpc) is 2.28. The molecule has 75 valence electrons. The molecular weight excluding hydrogens is 184 g/mol. The van der Waals surface area contributed by atoms with Crippen molar-refractivity contribution in [1.29, 1.82) is 0 Å². The van der Waals surface area contributed by atoms with Gasteiger partial charge in [-0.3, -0.25) is 4.79 Å². The van der Waals surface area contributed by atoms with E-state index < -0.39 is 0 Å². The molecule has 1 nitrogen and oxygen atoms in total. The summed E-state index contributed by atoms with van der Waals surface area (Å²) < 4.78 is 0. The van der Waals surface area contributed by atoms with Crippen molar-refractivity contribution in [3.05, 3.63) is 48.0 Å². The van der Waals surface area contributed by atoms with Gasteiger partial charge in [0, 0.05) is 6.42 Å². The van der Waals surface area contributed by atoms with Gasteiger partial charge in [-0.2, -0.15) is 0 Å². The van der Waals surface area contributed by atoms with E-state index in [9.17, 15) is 4.79 Å². The molecule has 0 aromatic heterocycles. The Morgan fingerprint density at radius 2 is 1.87 bits per heavy atom. The van der Waals surface area contributed by atoms with Gasteiger partial charge in [0.25, 0.3) is 0 Å². The van der Waals surface area contributed by atoms with Crippen molar-refractivity contribution in [2.45, 2.75) is 19.3 Å². The molecule has 1 heteroatoms. The molecule has 0 heterocycles. The number of benzene rings is 2. The highest BCUT2D eigenvalue weighted by molar-refractivity contribution is 5.86. The highest BCUT2D eigenvalue weighted by atomic mass is 16.1. The van der Waals surface area contributed by atoms with Gasteiger partial charge < -0.3 is 0 Å². The Balaban J connectivity index is 2.55. The first-order chi connectivity index (χ1) is 7.33. The van der Waals surface area contributed by atoms with Gasteiger partial charge in [-0.25, -0.2) is 0 Å². The molecule has 0 aliphatic carbocycles. The van der Waals surface area contributed by atoms with Crippen LogP contribution in [-0.2, 0) is 4.79 Å². The third-order valence-electron chi connectivity index (χ3n) is 2.74. The minimum Gasteiger partial charge on any atom is -0.291 e. The van der Waals surface area contributed by atoms with Crippen LogP contribution >= 0.6 is 0 Å².